The van der Waals surface area contributed by atoms with Crippen molar-refractivity contribution in [1.29, 1.82) is 0 Å². The fourth-order valence-electron chi connectivity index (χ4n) is 3.77. The summed E-state index contributed by atoms with van der Waals surface area (Å²) < 4.78 is 13.3. The highest BCUT2D eigenvalue weighted by atomic mass is 19.1. The Morgan fingerprint density at radius 2 is 1.92 bits per heavy atom. The summed E-state index contributed by atoms with van der Waals surface area (Å²) in [6.07, 6.45) is 4.26. The van der Waals surface area contributed by atoms with Gasteiger partial charge in [0.05, 0.1) is 5.56 Å². The monoisotopic (exact) mass is 338 g/mol. The van der Waals surface area contributed by atoms with Crippen LogP contribution >= 0.6 is 0 Å². The van der Waals surface area contributed by atoms with Crippen molar-refractivity contribution in [2.45, 2.75) is 18.5 Å². The molecule has 2 saturated heterocycles. The molecule has 0 amide bonds. The Bertz CT molecular complexity index is 822. The second kappa shape index (κ2) is 6.24. The van der Waals surface area contributed by atoms with Crippen LogP contribution in [0.2, 0.25) is 0 Å². The molecule has 2 aromatic carbocycles. The van der Waals surface area contributed by atoms with Gasteiger partial charge in [-0.05, 0) is 36.8 Å². The summed E-state index contributed by atoms with van der Waals surface area (Å²) in [6, 6.07) is 14.6. The zero-order chi connectivity index (χ0) is 17.4. The molecule has 5 heteroatoms. The molecule has 0 aliphatic carbocycles. The Balaban J connectivity index is 1.43. The van der Waals surface area contributed by atoms with Gasteiger partial charge in [-0.1, -0.05) is 18.2 Å². The number of likely N-dealkylation sites (tertiary alicyclic amines) is 1. The van der Waals surface area contributed by atoms with Gasteiger partial charge in [-0.3, -0.25) is 4.79 Å². The molecule has 2 bridgehead atoms. The molecule has 2 fully saturated rings. The fraction of sp³-hybridized carbons (Fsp3) is 0.250. The lowest BCUT2D eigenvalue weighted by molar-refractivity contribution is 0.104. The first-order chi connectivity index (χ1) is 12.1. The van der Waals surface area contributed by atoms with Crippen molar-refractivity contribution in [2.24, 2.45) is 0 Å². The normalized spacial score (nSPS) is 22.1. The number of benzene rings is 2. The predicted octanol–water partition coefficient (Wildman–Crippen LogP) is 3.19. The quantitative estimate of drug-likeness (QED) is 0.687. The molecule has 2 aliphatic rings. The van der Waals surface area contributed by atoms with E-state index >= 15 is 0 Å². The Hall–Kier alpha value is -2.82. The third kappa shape index (κ3) is 2.97. The van der Waals surface area contributed by atoms with E-state index in [1.807, 2.05) is 18.2 Å². The molecule has 0 saturated carbocycles. The molecule has 2 heterocycles. The number of nitrogens with zero attached hydrogens (tertiary/aromatic N) is 2. The van der Waals surface area contributed by atoms with Crippen LogP contribution in [0, 0.1) is 5.82 Å². The molecule has 4 rings (SSSR count). The number of allylic oxidation sites excluding steroid dienone is 1. The highest BCUT2D eigenvalue weighted by molar-refractivity contribution is 6.06. The first-order valence-corrected chi connectivity index (χ1v) is 8.40. The molecule has 0 aromatic heterocycles. The third-order valence-corrected chi connectivity index (χ3v) is 5.01. The SMILES string of the molecule is O=C(/C=C/N1C[C@H]2C[C@@H]1CN2c1ccccc1)c1cc(F)ccc1O. The minimum Gasteiger partial charge on any atom is -0.507 e. The van der Waals surface area contributed by atoms with E-state index in [1.165, 1.54) is 17.8 Å². The first kappa shape index (κ1) is 15.7. The molecule has 1 N–H and O–H groups in total. The van der Waals surface area contributed by atoms with Crippen molar-refractivity contribution in [3.8, 4) is 5.75 Å². The summed E-state index contributed by atoms with van der Waals surface area (Å²) in [6.45, 7) is 1.79. The van der Waals surface area contributed by atoms with Crippen LogP contribution in [0.4, 0.5) is 10.1 Å². The molecule has 4 nitrogen and oxygen atoms in total. The standard InChI is InChI=1S/C20H19FN2O2/c21-14-6-7-19(24)18(10-14)20(25)8-9-22-12-17-11-16(22)13-23(17)15-4-2-1-3-5-15/h1-10,16-17,24H,11-13H2/b9-8+/t16-,17-/m1/s1. The second-order valence-corrected chi connectivity index (χ2v) is 6.57. The number of halogens is 1. The molecular formula is C20H19FN2O2. The van der Waals surface area contributed by atoms with Crippen LogP contribution in [-0.2, 0) is 0 Å². The highest BCUT2D eigenvalue weighted by Gasteiger charge is 2.41. The summed E-state index contributed by atoms with van der Waals surface area (Å²) >= 11 is 0. The molecule has 2 aromatic rings. The van der Waals surface area contributed by atoms with Crippen molar-refractivity contribution in [1.82, 2.24) is 4.90 Å². The van der Waals surface area contributed by atoms with Gasteiger partial charge in [0.25, 0.3) is 0 Å². The summed E-state index contributed by atoms with van der Waals surface area (Å²) in [4.78, 5) is 16.8. The zero-order valence-corrected chi connectivity index (χ0v) is 13.7. The average Bonchev–Trinajstić information content (AvgIpc) is 3.23. The Labute approximate surface area is 145 Å². The number of hydrogen-bond acceptors (Lipinski definition) is 4. The molecule has 0 unspecified atom stereocenters. The largest absolute Gasteiger partial charge is 0.507 e. The van der Waals surface area contributed by atoms with Crippen molar-refractivity contribution >= 4 is 11.5 Å². The number of phenols is 1. The smallest absolute Gasteiger partial charge is 0.191 e. The van der Waals surface area contributed by atoms with Crippen molar-refractivity contribution in [3.05, 3.63) is 72.2 Å². The number of piperazine rings is 1. The van der Waals surface area contributed by atoms with Crippen molar-refractivity contribution in [3.63, 3.8) is 0 Å². The van der Waals surface area contributed by atoms with Gasteiger partial charge < -0.3 is 14.9 Å². The van der Waals surface area contributed by atoms with Crippen LogP contribution in [0.15, 0.2) is 60.8 Å². The van der Waals surface area contributed by atoms with E-state index < -0.39 is 5.82 Å². The minimum atomic E-state index is -0.534. The fourth-order valence-corrected chi connectivity index (χ4v) is 3.77. The zero-order valence-electron chi connectivity index (χ0n) is 13.7. The molecule has 0 spiro atoms. The number of para-hydroxylation sites is 1. The maximum atomic E-state index is 13.3. The van der Waals surface area contributed by atoms with Crippen LogP contribution in [0.5, 0.6) is 5.75 Å². The molecule has 25 heavy (non-hydrogen) atoms. The molecule has 0 radical (unpaired) electrons. The van der Waals surface area contributed by atoms with E-state index in [4.69, 9.17) is 0 Å². The third-order valence-electron chi connectivity index (χ3n) is 5.01. The van der Waals surface area contributed by atoms with Gasteiger partial charge >= 0.3 is 0 Å². The number of phenolic OH excluding ortho intramolecular Hbond substituents is 1. The second-order valence-electron chi connectivity index (χ2n) is 6.57. The van der Waals surface area contributed by atoms with E-state index in [0.717, 1.165) is 31.6 Å². The van der Waals surface area contributed by atoms with Gasteiger partial charge in [0, 0.05) is 43.1 Å². The van der Waals surface area contributed by atoms with E-state index in [1.54, 1.807) is 6.20 Å². The minimum absolute atomic E-state index is 0.00785. The Morgan fingerprint density at radius 3 is 2.64 bits per heavy atom. The number of hydrogen-bond donors (Lipinski definition) is 1. The van der Waals surface area contributed by atoms with Gasteiger partial charge in [0.2, 0.25) is 0 Å². The topological polar surface area (TPSA) is 43.8 Å². The number of carbonyl (C=O) groups excluding carboxylic acids is 1. The van der Waals surface area contributed by atoms with E-state index in [-0.39, 0.29) is 17.1 Å². The van der Waals surface area contributed by atoms with Crippen molar-refractivity contribution < 1.29 is 14.3 Å². The maximum absolute atomic E-state index is 13.3. The van der Waals surface area contributed by atoms with Gasteiger partial charge in [0.15, 0.2) is 5.78 Å². The number of anilines is 1. The predicted molar refractivity (Wildman–Crippen MR) is 94.2 cm³/mol. The highest BCUT2D eigenvalue weighted by Crippen LogP contribution is 2.34. The number of ketones is 1. The maximum Gasteiger partial charge on any atom is 0.191 e. The van der Waals surface area contributed by atoms with E-state index in [2.05, 4.69) is 21.9 Å². The van der Waals surface area contributed by atoms with E-state index in [9.17, 15) is 14.3 Å². The van der Waals surface area contributed by atoms with Crippen LogP contribution in [-0.4, -0.2) is 41.0 Å². The molecular weight excluding hydrogens is 319 g/mol. The summed E-state index contributed by atoms with van der Waals surface area (Å²) in [5, 5.41) is 9.72. The van der Waals surface area contributed by atoms with Gasteiger partial charge in [-0.2, -0.15) is 0 Å². The number of carbonyl (C=O) groups is 1. The number of aromatic hydroxyl groups is 1. The van der Waals surface area contributed by atoms with Gasteiger partial charge in [-0.15, -0.1) is 0 Å². The summed E-state index contributed by atoms with van der Waals surface area (Å²) in [5.41, 5.74) is 1.23. The first-order valence-electron chi connectivity index (χ1n) is 8.40. The number of fused-ring (bicyclic) bond motifs is 2. The van der Waals surface area contributed by atoms with E-state index in [0.29, 0.717) is 12.1 Å². The van der Waals surface area contributed by atoms with Crippen LogP contribution in [0.25, 0.3) is 0 Å². The van der Waals surface area contributed by atoms with Crippen LogP contribution in [0.3, 0.4) is 0 Å². The molecule has 2 aliphatic heterocycles. The average molecular weight is 338 g/mol. The molecule has 2 atom stereocenters. The number of rotatable bonds is 4. The van der Waals surface area contributed by atoms with Crippen LogP contribution in [0.1, 0.15) is 16.8 Å². The summed E-state index contributed by atoms with van der Waals surface area (Å²) in [5.74, 6) is -1.12. The Morgan fingerprint density at radius 1 is 1.12 bits per heavy atom. The van der Waals surface area contributed by atoms with Crippen LogP contribution < -0.4 is 4.90 Å². The summed E-state index contributed by atoms with van der Waals surface area (Å²) in [7, 11) is 0. The lowest BCUT2D eigenvalue weighted by Crippen LogP contribution is -2.44. The van der Waals surface area contributed by atoms with Gasteiger partial charge in [0.1, 0.15) is 11.6 Å². The molecule has 128 valence electrons. The lowest BCUT2D eigenvalue weighted by atomic mass is 10.1. The van der Waals surface area contributed by atoms with Crippen molar-refractivity contribution in [2.75, 3.05) is 18.0 Å². The van der Waals surface area contributed by atoms with Gasteiger partial charge in [-0.25, -0.2) is 4.39 Å². The lowest BCUT2D eigenvalue weighted by Gasteiger charge is -2.35. The Kier molecular flexibility index (Phi) is 3.92.